The van der Waals surface area contributed by atoms with Gasteiger partial charge in [-0.1, -0.05) is 17.7 Å². The highest BCUT2D eigenvalue weighted by molar-refractivity contribution is 6.33. The molecule has 1 aromatic carbocycles. The van der Waals surface area contributed by atoms with Crippen LogP contribution in [0.3, 0.4) is 0 Å². The number of rotatable bonds is 5. The second-order valence-corrected chi connectivity index (χ2v) is 5.44. The van der Waals surface area contributed by atoms with Crippen molar-refractivity contribution in [2.45, 2.75) is 13.0 Å². The number of alkyl halides is 1. The van der Waals surface area contributed by atoms with Crippen LogP contribution >= 0.6 is 11.6 Å². The number of hydrogen-bond acceptors (Lipinski definition) is 4. The maximum atomic E-state index is 10.8. The van der Waals surface area contributed by atoms with Gasteiger partial charge in [-0.3, -0.25) is 9.18 Å². The van der Waals surface area contributed by atoms with Gasteiger partial charge in [-0.05, 0) is 30.4 Å². The Kier molecular flexibility index (Phi) is 6.77. The molecule has 25 heavy (non-hydrogen) atoms. The number of fused-ring (bicyclic) bond motifs is 1. The third-order valence-corrected chi connectivity index (χ3v) is 3.66. The molecule has 1 aromatic heterocycles. The Morgan fingerprint density at radius 3 is 2.88 bits per heavy atom. The molecule has 3 rings (SSSR count). The van der Waals surface area contributed by atoms with Gasteiger partial charge in [-0.2, -0.15) is 0 Å². The van der Waals surface area contributed by atoms with E-state index in [9.17, 15) is 9.18 Å². The predicted octanol–water partition coefficient (Wildman–Crippen LogP) is 4.09. The molecular formula is C18H18ClFN2O3. The minimum atomic E-state index is 0.263. The third-order valence-electron chi connectivity index (χ3n) is 3.42. The first-order valence-electron chi connectivity index (χ1n) is 7.45. The standard InChI is InChI=1S/C17H15ClN2O3.CH3F/c1-22-16-7-11(9-21)5-6-15(16)23-10-17-19-13-4-2-3-12(18)8-14(13)20-17;1-2/h2-3,5-9H,4,10H2,1H3,(H,19,20);1H3. The zero-order valence-electron chi connectivity index (χ0n) is 13.9. The summed E-state index contributed by atoms with van der Waals surface area (Å²) in [5.74, 6) is 1.76. The topological polar surface area (TPSA) is 64.2 Å². The molecule has 0 unspecified atom stereocenters. The smallest absolute Gasteiger partial charge is 0.161 e. The van der Waals surface area contributed by atoms with Crippen LogP contribution in [0.25, 0.3) is 6.08 Å². The molecule has 0 amide bonds. The quantitative estimate of drug-likeness (QED) is 0.812. The van der Waals surface area contributed by atoms with Crippen LogP contribution in [-0.2, 0) is 13.0 Å². The largest absolute Gasteiger partial charge is 0.493 e. The fourth-order valence-corrected chi connectivity index (χ4v) is 2.51. The molecular weight excluding hydrogens is 347 g/mol. The molecule has 0 saturated carbocycles. The van der Waals surface area contributed by atoms with E-state index in [1.54, 1.807) is 18.2 Å². The minimum Gasteiger partial charge on any atom is -0.493 e. The molecule has 0 saturated heterocycles. The van der Waals surface area contributed by atoms with Gasteiger partial charge in [-0.15, -0.1) is 0 Å². The average Bonchev–Trinajstić information content (AvgIpc) is 2.94. The van der Waals surface area contributed by atoms with Gasteiger partial charge in [0.1, 0.15) is 18.7 Å². The number of carbonyl (C=O) groups is 1. The number of nitrogens with one attached hydrogen (secondary N) is 1. The van der Waals surface area contributed by atoms with E-state index in [-0.39, 0.29) is 6.61 Å². The van der Waals surface area contributed by atoms with Crippen molar-refractivity contribution < 1.29 is 18.7 Å². The molecule has 0 bridgehead atoms. The Labute approximate surface area is 150 Å². The van der Waals surface area contributed by atoms with Crippen LogP contribution < -0.4 is 9.47 Å². The molecule has 132 valence electrons. The van der Waals surface area contributed by atoms with Crippen molar-refractivity contribution in [3.8, 4) is 11.5 Å². The average molecular weight is 365 g/mol. The number of ether oxygens (including phenoxy) is 2. The van der Waals surface area contributed by atoms with Gasteiger partial charge in [0.05, 0.1) is 20.0 Å². The lowest BCUT2D eigenvalue weighted by Crippen LogP contribution is -2.00. The lowest BCUT2D eigenvalue weighted by molar-refractivity contribution is 0.112. The Bertz CT molecular complexity index is 800. The highest BCUT2D eigenvalue weighted by atomic mass is 35.5. The van der Waals surface area contributed by atoms with E-state index >= 15 is 0 Å². The Hall–Kier alpha value is -2.60. The van der Waals surface area contributed by atoms with Gasteiger partial charge in [0.25, 0.3) is 0 Å². The van der Waals surface area contributed by atoms with Crippen molar-refractivity contribution in [3.63, 3.8) is 0 Å². The zero-order chi connectivity index (χ0) is 18.2. The molecule has 1 heterocycles. The molecule has 0 radical (unpaired) electrons. The summed E-state index contributed by atoms with van der Waals surface area (Å²) in [5, 5.41) is 0.647. The van der Waals surface area contributed by atoms with Crippen molar-refractivity contribution in [2.75, 3.05) is 14.3 Å². The number of nitrogens with zero attached hydrogens (tertiary/aromatic N) is 1. The first kappa shape index (κ1) is 18.7. The van der Waals surface area contributed by atoms with Crippen LogP contribution in [0.1, 0.15) is 27.6 Å². The van der Waals surface area contributed by atoms with E-state index in [1.165, 1.54) is 7.11 Å². The van der Waals surface area contributed by atoms with Crippen LogP contribution in [0.2, 0.25) is 0 Å². The summed E-state index contributed by atoms with van der Waals surface area (Å²) < 4.78 is 20.5. The maximum absolute atomic E-state index is 10.8. The second-order valence-electron chi connectivity index (χ2n) is 5.00. The fraction of sp³-hybridized carbons (Fsp3) is 0.222. The number of aromatic amines is 1. The first-order valence-corrected chi connectivity index (χ1v) is 7.82. The number of H-pyrrole nitrogens is 1. The number of allylic oxidation sites excluding steroid dienone is 3. The molecule has 0 atom stereocenters. The summed E-state index contributed by atoms with van der Waals surface area (Å²) in [6.45, 7) is 0.263. The van der Waals surface area contributed by atoms with Gasteiger partial charge in [-0.25, -0.2) is 4.98 Å². The van der Waals surface area contributed by atoms with Crippen LogP contribution in [0.4, 0.5) is 4.39 Å². The number of hydrogen-bond donors (Lipinski definition) is 1. The number of aromatic nitrogens is 2. The van der Waals surface area contributed by atoms with Gasteiger partial charge in [0.2, 0.25) is 0 Å². The molecule has 1 aliphatic carbocycles. The van der Waals surface area contributed by atoms with Gasteiger partial charge in [0.15, 0.2) is 11.5 Å². The molecule has 5 nitrogen and oxygen atoms in total. The van der Waals surface area contributed by atoms with Crippen LogP contribution in [0, 0.1) is 0 Å². The molecule has 7 heteroatoms. The van der Waals surface area contributed by atoms with Gasteiger partial charge in [0, 0.05) is 22.7 Å². The second kappa shape index (κ2) is 9.03. The Balaban J connectivity index is 0.00000109. The SMILES string of the molecule is CF.COc1cc(C=O)ccc1OCc1nc2c([nH]1)CC=CC(Cl)=C2. The predicted molar refractivity (Wildman–Crippen MR) is 95.0 cm³/mol. The normalized spacial score (nSPS) is 12.2. The molecule has 0 fully saturated rings. The summed E-state index contributed by atoms with van der Waals surface area (Å²) in [6.07, 6.45) is 7.16. The van der Waals surface area contributed by atoms with E-state index in [4.69, 9.17) is 21.1 Å². The van der Waals surface area contributed by atoms with E-state index in [2.05, 4.69) is 9.97 Å². The van der Waals surface area contributed by atoms with Crippen LogP contribution in [0.5, 0.6) is 11.5 Å². The van der Waals surface area contributed by atoms with Crippen LogP contribution in [-0.4, -0.2) is 30.5 Å². The summed E-state index contributed by atoms with van der Waals surface area (Å²) in [5.41, 5.74) is 2.35. The summed E-state index contributed by atoms with van der Waals surface area (Å²) in [4.78, 5) is 18.5. The van der Waals surface area contributed by atoms with Crippen molar-refractivity contribution in [1.82, 2.24) is 9.97 Å². The first-order chi connectivity index (χ1) is 12.2. The van der Waals surface area contributed by atoms with E-state index in [0.717, 1.165) is 24.1 Å². The van der Waals surface area contributed by atoms with Crippen molar-refractivity contribution in [3.05, 3.63) is 58.2 Å². The number of benzene rings is 1. The van der Waals surface area contributed by atoms with E-state index in [1.807, 2.05) is 18.2 Å². The van der Waals surface area contributed by atoms with E-state index in [0.29, 0.717) is 35.1 Å². The fourth-order valence-electron chi connectivity index (χ4n) is 2.31. The summed E-state index contributed by atoms with van der Waals surface area (Å²) >= 11 is 6.04. The molecule has 1 aliphatic rings. The Morgan fingerprint density at radius 2 is 2.16 bits per heavy atom. The minimum absolute atomic E-state index is 0.263. The zero-order valence-corrected chi connectivity index (χ0v) is 14.6. The number of imidazole rings is 1. The van der Waals surface area contributed by atoms with Crippen LogP contribution in [0.15, 0.2) is 35.4 Å². The number of aldehydes is 1. The number of halogens is 2. The summed E-state index contributed by atoms with van der Waals surface area (Å²) in [6, 6.07) is 5.01. The van der Waals surface area contributed by atoms with Crippen molar-refractivity contribution in [2.24, 2.45) is 0 Å². The van der Waals surface area contributed by atoms with Gasteiger partial charge < -0.3 is 14.5 Å². The maximum Gasteiger partial charge on any atom is 0.161 e. The van der Waals surface area contributed by atoms with Crippen molar-refractivity contribution >= 4 is 24.0 Å². The monoisotopic (exact) mass is 364 g/mol. The molecule has 0 spiro atoms. The lowest BCUT2D eigenvalue weighted by Gasteiger charge is -2.09. The molecule has 0 aliphatic heterocycles. The number of methoxy groups -OCH3 is 1. The highest BCUT2D eigenvalue weighted by Crippen LogP contribution is 2.28. The Morgan fingerprint density at radius 1 is 1.36 bits per heavy atom. The highest BCUT2D eigenvalue weighted by Gasteiger charge is 2.12. The molecule has 1 N–H and O–H groups in total. The van der Waals surface area contributed by atoms with Crippen molar-refractivity contribution in [1.29, 1.82) is 0 Å². The summed E-state index contributed by atoms with van der Waals surface area (Å²) in [7, 11) is 2.03. The number of carbonyl (C=O) groups excluding carboxylic acids is 1. The third kappa shape index (κ3) is 4.70. The lowest BCUT2D eigenvalue weighted by atomic mass is 10.2. The van der Waals surface area contributed by atoms with E-state index < -0.39 is 0 Å². The molecule has 2 aromatic rings. The van der Waals surface area contributed by atoms with Gasteiger partial charge >= 0.3 is 0 Å².